The highest BCUT2D eigenvalue weighted by molar-refractivity contribution is 5.90. The first kappa shape index (κ1) is 44.7. The smallest absolute Gasteiger partial charge is 0.317 e. The summed E-state index contributed by atoms with van der Waals surface area (Å²) in [6.07, 6.45) is -27.6. The zero-order valence-electron chi connectivity index (χ0n) is 31.1. The number of carbonyl (C=O) groups is 2. The normalized spacial score (nSPS) is 36.6. The fourth-order valence-corrected chi connectivity index (χ4v) is 6.75. The van der Waals surface area contributed by atoms with Gasteiger partial charge in [-0.1, -0.05) is 0 Å². The molecule has 0 aliphatic carbocycles. The van der Waals surface area contributed by atoms with E-state index in [2.05, 4.69) is 0 Å². The van der Waals surface area contributed by atoms with Crippen LogP contribution in [0, 0.1) is 0 Å². The lowest BCUT2D eigenvalue weighted by molar-refractivity contribution is -0.361. The molecule has 0 spiro atoms. The molecule has 14 N–H and O–H groups in total. The van der Waals surface area contributed by atoms with Gasteiger partial charge in [0.05, 0.1) is 18.3 Å². The number of carboxylic acid groups (broad SMARTS) is 1. The fraction of sp³-hybridized carbons (Fsp3) is 0.556. The number of rotatable bonds is 12. The molecular weight excluding hydrogens is 816 g/mol. The van der Waals surface area contributed by atoms with E-state index in [0.717, 1.165) is 30.3 Å². The predicted molar refractivity (Wildman–Crippen MR) is 187 cm³/mol. The van der Waals surface area contributed by atoms with E-state index in [9.17, 15) is 76.0 Å². The van der Waals surface area contributed by atoms with Gasteiger partial charge in [-0.15, -0.1) is 0 Å². The highest BCUT2D eigenvalue weighted by Crippen LogP contribution is 2.47. The summed E-state index contributed by atoms with van der Waals surface area (Å²) in [4.78, 5) is 22.6. The number of hydrogen-bond donors (Lipinski definition) is 14. The summed E-state index contributed by atoms with van der Waals surface area (Å²) in [7, 11) is 0. The number of esters is 1. The van der Waals surface area contributed by atoms with Gasteiger partial charge in [-0.2, -0.15) is 0 Å². The highest BCUT2D eigenvalue weighted by atomic mass is 16.8. The first-order valence-corrected chi connectivity index (χ1v) is 18.2. The average molecular weight is 861 g/mol. The molecule has 2 aromatic carbocycles. The van der Waals surface area contributed by atoms with Crippen LogP contribution in [0.2, 0.25) is 0 Å². The van der Waals surface area contributed by atoms with Crippen molar-refractivity contribution in [2.75, 3.05) is 13.2 Å². The Morgan fingerprint density at radius 3 is 1.95 bits per heavy atom. The van der Waals surface area contributed by atoms with E-state index in [1.165, 1.54) is 6.92 Å². The highest BCUT2D eigenvalue weighted by Gasteiger charge is 2.52. The lowest BCUT2D eigenvalue weighted by Gasteiger charge is -2.46. The van der Waals surface area contributed by atoms with Gasteiger partial charge in [0.1, 0.15) is 97.1 Å². The van der Waals surface area contributed by atoms with Crippen molar-refractivity contribution in [2.45, 2.75) is 112 Å². The van der Waals surface area contributed by atoms with Crippen LogP contribution in [-0.2, 0) is 38.0 Å². The van der Waals surface area contributed by atoms with Crippen molar-refractivity contribution >= 4 is 18.0 Å². The Labute approximate surface area is 337 Å². The quantitative estimate of drug-likeness (QED) is 0.0547. The second kappa shape index (κ2) is 18.0. The summed E-state index contributed by atoms with van der Waals surface area (Å²) in [5, 5.41) is 145. The minimum Gasteiger partial charge on any atom is -0.507 e. The fourth-order valence-electron chi connectivity index (χ4n) is 6.75. The van der Waals surface area contributed by atoms with Crippen molar-refractivity contribution in [3.8, 4) is 34.5 Å². The number of aliphatic hydroxyl groups is 9. The third-order valence-corrected chi connectivity index (χ3v) is 10.1. The second-order valence-electron chi connectivity index (χ2n) is 14.3. The molecule has 3 fully saturated rings. The van der Waals surface area contributed by atoms with Crippen LogP contribution in [0.4, 0.5) is 0 Å². The van der Waals surface area contributed by atoms with Crippen LogP contribution in [0.25, 0.3) is 6.08 Å². The van der Waals surface area contributed by atoms with Crippen LogP contribution in [0.1, 0.15) is 30.6 Å². The maximum atomic E-state index is 11.8. The van der Waals surface area contributed by atoms with Gasteiger partial charge >= 0.3 is 11.9 Å². The van der Waals surface area contributed by atoms with E-state index < -0.39 is 153 Å². The Kier molecular flexibility index (Phi) is 13.5. The largest absolute Gasteiger partial charge is 0.507 e. The van der Waals surface area contributed by atoms with Crippen molar-refractivity contribution in [2.24, 2.45) is 0 Å². The maximum absolute atomic E-state index is 11.8. The standard InChI is InChI=1S/C36H44O24/c1-10-23(44)27(48)30(51)34(54-10)60-33-29(50)25(46)19(8-37)58-36(33)57-18-6-13-14(38)4-12(5-17(13)56-32(18)11-2-15(39)24(45)16(40)3-11)55-35-31(52)28(49)26(47)20(59-35)9-53-22(43)7-21(41)42/h2-6,10,19-20,23,25-40,44-52H,7-9H2,1H3,(H,41,42)/t10-,19+,20+,23-,25-,26-,27+,28-,29-,30-,31-,32?,33-,34-,35+,36+/m0/s1. The topological polar surface area (TPSA) is 391 Å². The lowest BCUT2D eigenvalue weighted by Crippen LogP contribution is -2.64. The van der Waals surface area contributed by atoms with Gasteiger partial charge in [0, 0.05) is 17.7 Å². The summed E-state index contributed by atoms with van der Waals surface area (Å²) in [6, 6.07) is 4.03. The Hall–Kier alpha value is -4.80. The van der Waals surface area contributed by atoms with Crippen molar-refractivity contribution in [1.29, 1.82) is 0 Å². The SMILES string of the molecule is C[C@@H]1O[C@@H](O[C@@H]2[C@H](OC3=Cc4c(O)cc(O[C@@H]5O[C@H](COC(=O)CC(=O)O)[C@H](O)[C@H](O)[C@@H]5O)cc4OC3c3cc(O)c(O)c(O)c3)O[C@H](CO)[C@H](O)[C@@H]2O)[C@@H](O)[C@H](O)[C@H]1O. The van der Waals surface area contributed by atoms with Gasteiger partial charge in [-0.3, -0.25) is 9.59 Å². The number of benzene rings is 2. The number of phenolic OH excluding ortho intramolecular Hbond substituents is 4. The summed E-state index contributed by atoms with van der Waals surface area (Å²) in [6.45, 7) is -0.278. The van der Waals surface area contributed by atoms with Gasteiger partial charge in [0.2, 0.25) is 12.6 Å². The monoisotopic (exact) mass is 860 g/mol. The first-order valence-electron chi connectivity index (χ1n) is 18.2. The number of aliphatic hydroxyl groups excluding tert-OH is 9. The minimum absolute atomic E-state index is 0.140. The van der Waals surface area contributed by atoms with Crippen molar-refractivity contribution in [3.05, 3.63) is 41.2 Å². The summed E-state index contributed by atoms with van der Waals surface area (Å²) in [5.74, 6) is -6.80. The van der Waals surface area contributed by atoms with Crippen LogP contribution in [0.3, 0.4) is 0 Å². The molecule has 6 rings (SSSR count). The van der Waals surface area contributed by atoms with Crippen LogP contribution in [0.5, 0.6) is 34.5 Å². The molecule has 24 heteroatoms. The van der Waals surface area contributed by atoms with Crippen molar-refractivity contribution in [1.82, 2.24) is 0 Å². The molecule has 332 valence electrons. The number of fused-ring (bicyclic) bond motifs is 1. The van der Waals surface area contributed by atoms with Crippen molar-refractivity contribution < 1.29 is 119 Å². The molecule has 2 aromatic rings. The van der Waals surface area contributed by atoms with Gasteiger partial charge in [0.15, 0.2) is 35.7 Å². The molecule has 24 nitrogen and oxygen atoms in total. The molecule has 1 unspecified atom stereocenters. The zero-order chi connectivity index (χ0) is 43.9. The molecule has 0 amide bonds. The average Bonchev–Trinajstić information content (AvgIpc) is 3.19. The Bertz CT molecular complexity index is 1880. The summed E-state index contributed by atoms with van der Waals surface area (Å²) >= 11 is 0. The minimum atomic E-state index is -1.95. The van der Waals surface area contributed by atoms with Crippen molar-refractivity contribution in [3.63, 3.8) is 0 Å². The van der Waals surface area contributed by atoms with E-state index in [-0.39, 0.29) is 28.4 Å². The molecule has 60 heavy (non-hydrogen) atoms. The summed E-state index contributed by atoms with van der Waals surface area (Å²) < 4.78 is 45.2. The number of aromatic hydroxyl groups is 4. The van der Waals surface area contributed by atoms with Gasteiger partial charge in [-0.05, 0) is 25.1 Å². The number of carboxylic acids is 1. The second-order valence-corrected chi connectivity index (χ2v) is 14.3. The van der Waals surface area contributed by atoms with Crippen LogP contribution in [-0.4, -0.2) is 189 Å². The number of phenols is 4. The third kappa shape index (κ3) is 9.10. The Morgan fingerprint density at radius 1 is 0.683 bits per heavy atom. The molecule has 4 heterocycles. The van der Waals surface area contributed by atoms with E-state index in [0.29, 0.717) is 0 Å². The first-order chi connectivity index (χ1) is 28.3. The van der Waals surface area contributed by atoms with Crippen LogP contribution >= 0.6 is 0 Å². The number of aliphatic carboxylic acids is 1. The number of hydrogen-bond acceptors (Lipinski definition) is 23. The van der Waals surface area contributed by atoms with Gasteiger partial charge < -0.3 is 109 Å². The molecule has 4 aliphatic rings. The molecule has 0 bridgehead atoms. The Morgan fingerprint density at radius 2 is 1.30 bits per heavy atom. The maximum Gasteiger partial charge on any atom is 0.317 e. The van der Waals surface area contributed by atoms with E-state index in [1.54, 1.807) is 0 Å². The van der Waals surface area contributed by atoms with E-state index in [4.69, 9.17) is 43.0 Å². The molecule has 4 aliphatic heterocycles. The van der Waals surface area contributed by atoms with Gasteiger partial charge in [-0.25, -0.2) is 0 Å². The number of carbonyl (C=O) groups excluding carboxylic acids is 1. The molecule has 0 saturated carbocycles. The Balaban J connectivity index is 1.32. The van der Waals surface area contributed by atoms with E-state index in [1.807, 2.05) is 0 Å². The molecule has 3 saturated heterocycles. The van der Waals surface area contributed by atoms with Crippen LogP contribution < -0.4 is 9.47 Å². The van der Waals surface area contributed by atoms with E-state index >= 15 is 0 Å². The molecular formula is C36H44O24. The van der Waals surface area contributed by atoms with Gasteiger partial charge in [0.25, 0.3) is 0 Å². The zero-order valence-corrected chi connectivity index (χ0v) is 31.1. The predicted octanol–water partition coefficient (Wildman–Crippen LogP) is -4.14. The molecule has 0 aromatic heterocycles. The number of ether oxygens (including phenoxy) is 8. The third-order valence-electron chi connectivity index (χ3n) is 10.1. The molecule has 16 atom stereocenters. The summed E-state index contributed by atoms with van der Waals surface area (Å²) in [5.41, 5.74) is -0.298. The van der Waals surface area contributed by atoms with Crippen LogP contribution in [0.15, 0.2) is 30.0 Å². The molecule has 0 radical (unpaired) electrons. The lowest BCUT2D eigenvalue weighted by atomic mass is 9.97.